The molecular formula is C11H13BrN2O. The van der Waals surface area contributed by atoms with Crippen LogP contribution in [0.4, 0.5) is 5.69 Å². The van der Waals surface area contributed by atoms with Crippen LogP contribution in [-0.2, 0) is 0 Å². The van der Waals surface area contributed by atoms with Gasteiger partial charge in [0.2, 0.25) is 0 Å². The van der Waals surface area contributed by atoms with Gasteiger partial charge in [-0.3, -0.25) is 4.79 Å². The molecule has 80 valence electrons. The molecule has 0 spiro atoms. The fourth-order valence-electron chi connectivity index (χ4n) is 1.11. The molecule has 15 heavy (non-hydrogen) atoms. The number of anilines is 1. The number of carbonyl (C=O) groups excluding carboxylic acids is 1. The Kier molecular flexibility index (Phi) is 4.37. The van der Waals surface area contributed by atoms with Crippen molar-refractivity contribution in [3.63, 3.8) is 0 Å². The van der Waals surface area contributed by atoms with Gasteiger partial charge in [0.05, 0.1) is 5.56 Å². The fraction of sp³-hybridized carbons (Fsp3) is 0.182. The zero-order chi connectivity index (χ0) is 11.3. The minimum absolute atomic E-state index is 0.157. The first-order valence-electron chi connectivity index (χ1n) is 4.59. The molecule has 0 atom stereocenters. The minimum Gasteiger partial charge on any atom is -0.398 e. The quantitative estimate of drug-likeness (QED) is 0.500. The largest absolute Gasteiger partial charge is 0.398 e. The van der Waals surface area contributed by atoms with Crippen molar-refractivity contribution >= 4 is 27.5 Å². The number of amides is 1. The molecule has 1 aromatic carbocycles. The van der Waals surface area contributed by atoms with Gasteiger partial charge in [0.1, 0.15) is 0 Å². The standard InChI is InChI=1S/C11H13BrN2O/c1-2-3-6-14-11(15)9-7-8(12)4-5-10(9)13/h2,4-5,7H,1,3,6,13H2,(H,14,15). The van der Waals surface area contributed by atoms with E-state index in [0.717, 1.165) is 10.9 Å². The fourth-order valence-corrected chi connectivity index (χ4v) is 1.47. The van der Waals surface area contributed by atoms with Gasteiger partial charge in [-0.15, -0.1) is 6.58 Å². The highest BCUT2D eigenvalue weighted by molar-refractivity contribution is 9.10. The van der Waals surface area contributed by atoms with Gasteiger partial charge in [-0.05, 0) is 24.6 Å². The van der Waals surface area contributed by atoms with Crippen LogP contribution >= 0.6 is 15.9 Å². The maximum absolute atomic E-state index is 11.6. The van der Waals surface area contributed by atoms with E-state index in [-0.39, 0.29) is 5.91 Å². The summed E-state index contributed by atoms with van der Waals surface area (Å²) in [4.78, 5) is 11.6. The molecule has 0 bridgehead atoms. The third-order valence-corrected chi connectivity index (χ3v) is 2.39. The van der Waals surface area contributed by atoms with Crippen molar-refractivity contribution in [2.75, 3.05) is 12.3 Å². The second-order valence-corrected chi connectivity index (χ2v) is 3.98. The average Bonchev–Trinajstić information content (AvgIpc) is 2.22. The van der Waals surface area contributed by atoms with Crippen molar-refractivity contribution in [3.8, 4) is 0 Å². The second kappa shape index (κ2) is 5.56. The molecule has 0 aliphatic rings. The van der Waals surface area contributed by atoms with Crippen LogP contribution in [0.2, 0.25) is 0 Å². The molecule has 1 rings (SSSR count). The third-order valence-electron chi connectivity index (χ3n) is 1.89. The number of nitrogens with two attached hydrogens (primary N) is 1. The van der Waals surface area contributed by atoms with Crippen LogP contribution < -0.4 is 11.1 Å². The molecule has 1 amide bonds. The lowest BCUT2D eigenvalue weighted by Gasteiger charge is -2.06. The summed E-state index contributed by atoms with van der Waals surface area (Å²) in [5, 5.41) is 2.76. The molecule has 0 aromatic heterocycles. The zero-order valence-corrected chi connectivity index (χ0v) is 9.88. The van der Waals surface area contributed by atoms with Crippen LogP contribution in [0.15, 0.2) is 35.3 Å². The van der Waals surface area contributed by atoms with Crippen LogP contribution in [0, 0.1) is 0 Å². The molecule has 3 nitrogen and oxygen atoms in total. The molecule has 3 N–H and O–H groups in total. The maximum Gasteiger partial charge on any atom is 0.253 e. The number of nitrogens with one attached hydrogen (secondary N) is 1. The van der Waals surface area contributed by atoms with Gasteiger partial charge in [-0.1, -0.05) is 22.0 Å². The molecule has 4 heteroatoms. The summed E-state index contributed by atoms with van der Waals surface area (Å²) in [6, 6.07) is 5.21. The van der Waals surface area contributed by atoms with Gasteiger partial charge in [-0.2, -0.15) is 0 Å². The summed E-state index contributed by atoms with van der Waals surface area (Å²) < 4.78 is 0.838. The predicted molar refractivity (Wildman–Crippen MR) is 65.7 cm³/mol. The number of hydrogen-bond acceptors (Lipinski definition) is 2. The van der Waals surface area contributed by atoms with E-state index in [0.29, 0.717) is 17.8 Å². The SMILES string of the molecule is C=CCCNC(=O)c1cc(Br)ccc1N. The second-order valence-electron chi connectivity index (χ2n) is 3.06. The van der Waals surface area contributed by atoms with E-state index in [2.05, 4.69) is 27.8 Å². The lowest BCUT2D eigenvalue weighted by atomic mass is 10.1. The predicted octanol–water partition coefficient (Wildman–Crippen LogP) is 2.34. The average molecular weight is 269 g/mol. The van der Waals surface area contributed by atoms with Gasteiger partial charge < -0.3 is 11.1 Å². The highest BCUT2D eigenvalue weighted by atomic mass is 79.9. The summed E-state index contributed by atoms with van der Waals surface area (Å²) >= 11 is 3.29. The zero-order valence-electron chi connectivity index (χ0n) is 8.29. The third kappa shape index (κ3) is 3.40. The van der Waals surface area contributed by atoms with Gasteiger partial charge in [0.15, 0.2) is 0 Å². The highest BCUT2D eigenvalue weighted by Crippen LogP contribution is 2.18. The van der Waals surface area contributed by atoms with Crippen molar-refractivity contribution < 1.29 is 4.79 Å². The molecular weight excluding hydrogens is 256 g/mol. The number of benzene rings is 1. The summed E-state index contributed by atoms with van der Waals surface area (Å²) in [6.07, 6.45) is 2.50. The molecule has 0 heterocycles. The van der Waals surface area contributed by atoms with Crippen molar-refractivity contribution in [1.82, 2.24) is 5.32 Å². The number of rotatable bonds is 4. The van der Waals surface area contributed by atoms with Crippen molar-refractivity contribution in [2.24, 2.45) is 0 Å². The minimum atomic E-state index is -0.157. The van der Waals surface area contributed by atoms with Crippen LogP contribution in [0.3, 0.4) is 0 Å². The molecule has 0 unspecified atom stereocenters. The van der Waals surface area contributed by atoms with Crippen LogP contribution in [0.1, 0.15) is 16.8 Å². The normalized spacial score (nSPS) is 9.67. The van der Waals surface area contributed by atoms with Gasteiger partial charge in [-0.25, -0.2) is 0 Å². The van der Waals surface area contributed by atoms with Crippen molar-refractivity contribution in [1.29, 1.82) is 0 Å². The lowest BCUT2D eigenvalue weighted by Crippen LogP contribution is -2.25. The Morgan fingerprint density at radius 2 is 2.33 bits per heavy atom. The Morgan fingerprint density at radius 1 is 1.60 bits per heavy atom. The summed E-state index contributed by atoms with van der Waals surface area (Å²) in [7, 11) is 0. The Balaban J connectivity index is 2.72. The number of carbonyl (C=O) groups is 1. The summed E-state index contributed by atoms with van der Waals surface area (Å²) in [5.41, 5.74) is 6.67. The molecule has 1 aromatic rings. The Hall–Kier alpha value is -1.29. The molecule has 0 aliphatic heterocycles. The first-order chi connectivity index (χ1) is 7.15. The maximum atomic E-state index is 11.6. The lowest BCUT2D eigenvalue weighted by molar-refractivity contribution is 0.0955. The van der Waals surface area contributed by atoms with Gasteiger partial charge in [0, 0.05) is 16.7 Å². The topological polar surface area (TPSA) is 55.1 Å². The van der Waals surface area contributed by atoms with Crippen LogP contribution in [-0.4, -0.2) is 12.5 Å². The van der Waals surface area contributed by atoms with E-state index in [9.17, 15) is 4.79 Å². The van der Waals surface area contributed by atoms with E-state index in [1.807, 2.05) is 0 Å². The summed E-state index contributed by atoms with van der Waals surface area (Å²) in [5.74, 6) is -0.157. The summed E-state index contributed by atoms with van der Waals surface area (Å²) in [6.45, 7) is 4.16. The monoisotopic (exact) mass is 268 g/mol. The molecule has 0 saturated carbocycles. The Labute approximate surface area is 97.5 Å². The highest BCUT2D eigenvalue weighted by Gasteiger charge is 2.08. The van der Waals surface area contributed by atoms with Gasteiger partial charge in [0.25, 0.3) is 5.91 Å². The van der Waals surface area contributed by atoms with E-state index in [1.54, 1.807) is 24.3 Å². The van der Waals surface area contributed by atoms with Crippen LogP contribution in [0.25, 0.3) is 0 Å². The van der Waals surface area contributed by atoms with Gasteiger partial charge >= 0.3 is 0 Å². The number of halogens is 1. The van der Waals surface area contributed by atoms with E-state index >= 15 is 0 Å². The Morgan fingerprint density at radius 3 is 3.00 bits per heavy atom. The first kappa shape index (κ1) is 11.8. The van der Waals surface area contributed by atoms with Crippen molar-refractivity contribution in [3.05, 3.63) is 40.9 Å². The number of nitrogen functional groups attached to an aromatic ring is 1. The Bertz CT molecular complexity index is 377. The molecule has 0 radical (unpaired) electrons. The van der Waals surface area contributed by atoms with E-state index in [4.69, 9.17) is 5.73 Å². The van der Waals surface area contributed by atoms with E-state index < -0.39 is 0 Å². The number of hydrogen-bond donors (Lipinski definition) is 2. The van der Waals surface area contributed by atoms with Crippen LogP contribution in [0.5, 0.6) is 0 Å². The molecule has 0 aliphatic carbocycles. The molecule has 0 fully saturated rings. The van der Waals surface area contributed by atoms with Crippen molar-refractivity contribution in [2.45, 2.75) is 6.42 Å². The smallest absolute Gasteiger partial charge is 0.253 e. The molecule has 0 saturated heterocycles. The first-order valence-corrected chi connectivity index (χ1v) is 5.38. The van der Waals surface area contributed by atoms with E-state index in [1.165, 1.54) is 0 Å².